The van der Waals surface area contributed by atoms with Crippen molar-refractivity contribution in [2.45, 2.75) is 48.4 Å². The molecule has 3 aliphatic rings. The molecule has 5 rings (SSSR count). The normalized spacial score (nSPS) is 26.3. The standard InChI is InChI=1S/C20H22FN3O4S/c1-29-19-15-10(17(25)11(20(26)27)7-23(15)9-2-3-9)6-12(21)16(19)24-8-13(22)18-14(24)4-5-28-18/h6-7,9,13-14,18H,2-5,8,22H2,1H3,(H,26,27). The molecule has 0 bridgehead atoms. The number of pyridine rings is 1. The van der Waals surface area contributed by atoms with E-state index >= 15 is 4.39 Å². The summed E-state index contributed by atoms with van der Waals surface area (Å²) >= 11 is 1.37. The summed E-state index contributed by atoms with van der Waals surface area (Å²) in [5.74, 6) is -1.82. The van der Waals surface area contributed by atoms with Crippen molar-refractivity contribution in [3.8, 4) is 0 Å². The van der Waals surface area contributed by atoms with Gasteiger partial charge in [0.25, 0.3) is 0 Å². The van der Waals surface area contributed by atoms with E-state index in [0.717, 1.165) is 19.3 Å². The van der Waals surface area contributed by atoms with Crippen molar-refractivity contribution in [1.82, 2.24) is 4.57 Å². The van der Waals surface area contributed by atoms with Gasteiger partial charge in [0.1, 0.15) is 11.4 Å². The molecule has 2 aliphatic heterocycles. The smallest absolute Gasteiger partial charge is 0.341 e. The number of fused-ring (bicyclic) bond motifs is 2. The van der Waals surface area contributed by atoms with Crippen LogP contribution in [0.25, 0.3) is 10.9 Å². The zero-order valence-corrected chi connectivity index (χ0v) is 16.7. The van der Waals surface area contributed by atoms with E-state index in [1.165, 1.54) is 24.0 Å². The van der Waals surface area contributed by atoms with E-state index in [0.29, 0.717) is 29.3 Å². The van der Waals surface area contributed by atoms with Crippen LogP contribution < -0.4 is 16.1 Å². The fourth-order valence-electron chi connectivity index (χ4n) is 4.76. The monoisotopic (exact) mass is 419 g/mol. The number of rotatable bonds is 4. The van der Waals surface area contributed by atoms with Crippen LogP contribution in [-0.4, -0.2) is 53.2 Å². The zero-order valence-electron chi connectivity index (χ0n) is 15.9. The molecule has 3 atom stereocenters. The Morgan fingerprint density at radius 3 is 2.79 bits per heavy atom. The van der Waals surface area contributed by atoms with E-state index in [-0.39, 0.29) is 35.2 Å². The number of aromatic carboxylic acids is 1. The molecule has 1 aliphatic carbocycles. The molecule has 0 amide bonds. The number of thioether (sulfide) groups is 1. The Labute approximate surface area is 170 Å². The number of hydrogen-bond donors (Lipinski definition) is 2. The first-order valence-corrected chi connectivity index (χ1v) is 11.0. The summed E-state index contributed by atoms with van der Waals surface area (Å²) in [5, 5.41) is 9.57. The SMILES string of the molecule is CSc1c(N2CC(N)C3OCCC32)c(F)cc2c(=O)c(C(=O)O)cn(C3CC3)c12. The van der Waals surface area contributed by atoms with E-state index in [1.807, 2.05) is 15.7 Å². The van der Waals surface area contributed by atoms with E-state index in [2.05, 4.69) is 0 Å². The van der Waals surface area contributed by atoms with Crippen molar-refractivity contribution in [3.63, 3.8) is 0 Å². The Bertz CT molecular complexity index is 1080. The summed E-state index contributed by atoms with van der Waals surface area (Å²) in [7, 11) is 0. The second-order valence-corrected chi connectivity index (χ2v) is 8.78. The van der Waals surface area contributed by atoms with Gasteiger partial charge in [0, 0.05) is 25.4 Å². The van der Waals surface area contributed by atoms with E-state index in [4.69, 9.17) is 10.5 Å². The molecule has 0 spiro atoms. The van der Waals surface area contributed by atoms with Gasteiger partial charge in [-0.25, -0.2) is 9.18 Å². The summed E-state index contributed by atoms with van der Waals surface area (Å²) in [6.45, 7) is 1.07. The van der Waals surface area contributed by atoms with Gasteiger partial charge in [-0.2, -0.15) is 0 Å². The fraction of sp³-hybridized carbons (Fsp3) is 0.500. The third-order valence-corrected chi connectivity index (χ3v) is 6.99. The average molecular weight is 419 g/mol. The molecular weight excluding hydrogens is 397 g/mol. The van der Waals surface area contributed by atoms with Gasteiger partial charge in [0.05, 0.1) is 39.7 Å². The molecule has 3 fully saturated rings. The van der Waals surface area contributed by atoms with Crippen LogP contribution in [0.1, 0.15) is 35.7 Å². The lowest BCUT2D eigenvalue weighted by molar-refractivity contribution is 0.0695. The van der Waals surface area contributed by atoms with Crippen LogP contribution in [-0.2, 0) is 4.74 Å². The minimum absolute atomic E-state index is 0.00207. The minimum atomic E-state index is -1.29. The summed E-state index contributed by atoms with van der Waals surface area (Å²) in [6, 6.07) is 1.13. The third kappa shape index (κ3) is 2.78. The number of ether oxygens (including phenoxy) is 1. The fourth-order valence-corrected chi connectivity index (χ4v) is 5.58. The Hall–Kier alpha value is -2.10. The molecule has 7 nitrogen and oxygen atoms in total. The maximum absolute atomic E-state index is 15.4. The molecular formula is C20H22FN3O4S. The maximum Gasteiger partial charge on any atom is 0.341 e. The molecule has 3 unspecified atom stereocenters. The molecule has 29 heavy (non-hydrogen) atoms. The predicted molar refractivity (Wildman–Crippen MR) is 109 cm³/mol. The van der Waals surface area contributed by atoms with Crippen LogP contribution in [0.4, 0.5) is 10.1 Å². The van der Waals surface area contributed by atoms with Gasteiger partial charge < -0.3 is 25.0 Å². The van der Waals surface area contributed by atoms with Gasteiger partial charge in [-0.1, -0.05) is 0 Å². The number of hydrogen-bond acceptors (Lipinski definition) is 6. The summed E-state index contributed by atoms with van der Waals surface area (Å²) in [4.78, 5) is 27.1. The van der Waals surface area contributed by atoms with Crippen molar-refractivity contribution in [3.05, 3.63) is 33.9 Å². The van der Waals surface area contributed by atoms with E-state index in [9.17, 15) is 14.7 Å². The predicted octanol–water partition coefficient (Wildman–Crippen LogP) is 2.20. The lowest BCUT2D eigenvalue weighted by atomic mass is 10.1. The highest BCUT2D eigenvalue weighted by molar-refractivity contribution is 7.99. The quantitative estimate of drug-likeness (QED) is 0.733. The highest BCUT2D eigenvalue weighted by Gasteiger charge is 2.46. The molecule has 1 aromatic heterocycles. The summed E-state index contributed by atoms with van der Waals surface area (Å²) in [6.07, 6.45) is 5.73. The van der Waals surface area contributed by atoms with Gasteiger partial charge in [0.15, 0.2) is 0 Å². The number of nitrogens with two attached hydrogens (primary N) is 1. The van der Waals surface area contributed by atoms with Gasteiger partial charge in [-0.3, -0.25) is 4.79 Å². The lowest BCUT2D eigenvalue weighted by Crippen LogP contribution is -2.35. The van der Waals surface area contributed by atoms with Crippen molar-refractivity contribution in [2.24, 2.45) is 5.73 Å². The average Bonchev–Trinajstić information content (AvgIpc) is 3.32. The maximum atomic E-state index is 15.4. The Morgan fingerprint density at radius 2 is 2.14 bits per heavy atom. The zero-order chi connectivity index (χ0) is 20.4. The van der Waals surface area contributed by atoms with Crippen LogP contribution >= 0.6 is 11.8 Å². The highest BCUT2D eigenvalue weighted by atomic mass is 32.2. The molecule has 3 N–H and O–H groups in total. The number of benzene rings is 1. The van der Waals surface area contributed by atoms with E-state index < -0.39 is 17.2 Å². The van der Waals surface area contributed by atoms with Crippen LogP contribution in [0.3, 0.4) is 0 Å². The molecule has 2 aromatic rings. The van der Waals surface area contributed by atoms with Gasteiger partial charge >= 0.3 is 5.97 Å². The second-order valence-electron chi connectivity index (χ2n) is 7.96. The Kier molecular flexibility index (Phi) is 4.38. The number of anilines is 1. The highest BCUT2D eigenvalue weighted by Crippen LogP contribution is 2.45. The number of aromatic nitrogens is 1. The van der Waals surface area contributed by atoms with Crippen LogP contribution in [0, 0.1) is 5.82 Å². The van der Waals surface area contributed by atoms with Gasteiger partial charge in [-0.15, -0.1) is 11.8 Å². The number of carboxylic acids is 1. The van der Waals surface area contributed by atoms with Gasteiger partial charge in [0.2, 0.25) is 5.43 Å². The van der Waals surface area contributed by atoms with Gasteiger partial charge in [-0.05, 0) is 31.6 Å². The topological polar surface area (TPSA) is 97.8 Å². The van der Waals surface area contributed by atoms with Crippen LogP contribution in [0.15, 0.2) is 22.0 Å². The van der Waals surface area contributed by atoms with Crippen molar-refractivity contribution in [1.29, 1.82) is 0 Å². The Balaban J connectivity index is 1.80. The van der Waals surface area contributed by atoms with E-state index in [1.54, 1.807) is 0 Å². The first kappa shape index (κ1) is 18.9. The third-order valence-electron chi connectivity index (χ3n) is 6.19. The molecule has 2 saturated heterocycles. The Morgan fingerprint density at radius 1 is 1.38 bits per heavy atom. The molecule has 1 aromatic carbocycles. The number of carbonyl (C=O) groups is 1. The largest absolute Gasteiger partial charge is 0.477 e. The van der Waals surface area contributed by atoms with Crippen molar-refractivity contribution in [2.75, 3.05) is 24.3 Å². The first-order chi connectivity index (χ1) is 13.9. The summed E-state index contributed by atoms with van der Waals surface area (Å²) < 4.78 is 23.0. The number of nitrogens with zero attached hydrogens (tertiary/aromatic N) is 2. The second kappa shape index (κ2) is 6.72. The summed E-state index contributed by atoms with van der Waals surface area (Å²) in [5.41, 5.74) is 6.33. The van der Waals surface area contributed by atoms with Crippen molar-refractivity contribution < 1.29 is 19.0 Å². The molecule has 154 valence electrons. The first-order valence-electron chi connectivity index (χ1n) is 9.74. The minimum Gasteiger partial charge on any atom is -0.477 e. The molecule has 1 saturated carbocycles. The van der Waals surface area contributed by atoms with Crippen LogP contribution in [0.5, 0.6) is 0 Å². The molecule has 9 heteroatoms. The van der Waals surface area contributed by atoms with Crippen molar-refractivity contribution >= 4 is 34.3 Å². The van der Waals surface area contributed by atoms with Crippen LogP contribution in [0.2, 0.25) is 0 Å². The molecule has 0 radical (unpaired) electrons. The molecule has 3 heterocycles. The number of carboxylic acid groups (broad SMARTS) is 1. The number of halogens is 1. The lowest BCUT2D eigenvalue weighted by Gasteiger charge is -2.28.